The Labute approximate surface area is 111 Å². The minimum atomic E-state index is -4.77. The Morgan fingerprint density at radius 2 is 1.32 bits per heavy atom. The fourth-order valence-electron chi connectivity index (χ4n) is 1.99. The largest absolute Gasteiger partial charge is 0.416 e. The summed E-state index contributed by atoms with van der Waals surface area (Å²) < 4.78 is 76.5. The van der Waals surface area contributed by atoms with Crippen LogP contribution in [-0.2, 0) is 12.4 Å². The first-order valence-electron chi connectivity index (χ1n) is 5.19. The fraction of sp³-hybridized carbons (Fsp3) is 0.455. The van der Waals surface area contributed by atoms with Gasteiger partial charge in [-0.05, 0) is 17.7 Å². The molecule has 0 bridgehead atoms. The van der Waals surface area contributed by atoms with Gasteiger partial charge in [-0.1, -0.05) is 6.07 Å². The Hall–Kier alpha value is -0.950. The van der Waals surface area contributed by atoms with E-state index in [4.69, 9.17) is 0 Å². The Morgan fingerprint density at radius 3 is 1.58 bits per heavy atom. The van der Waals surface area contributed by atoms with E-state index in [-0.39, 0.29) is 25.5 Å². The van der Waals surface area contributed by atoms with Gasteiger partial charge in [-0.3, -0.25) is 0 Å². The molecule has 1 aliphatic rings. The number of hydrogen-bond donors (Lipinski definition) is 1. The molecule has 108 valence electrons. The highest BCUT2D eigenvalue weighted by atomic mass is 35.5. The summed E-state index contributed by atoms with van der Waals surface area (Å²) in [6, 6.07) is 2.19. The second-order valence-corrected chi connectivity index (χ2v) is 4.12. The molecule has 8 heteroatoms. The van der Waals surface area contributed by atoms with E-state index in [0.29, 0.717) is 12.1 Å². The molecule has 0 aromatic heterocycles. The molecule has 1 aromatic rings. The van der Waals surface area contributed by atoms with Crippen LogP contribution in [0.4, 0.5) is 26.3 Å². The normalized spacial score (nSPS) is 16.7. The van der Waals surface area contributed by atoms with Crippen molar-refractivity contribution in [3.05, 3.63) is 34.9 Å². The van der Waals surface area contributed by atoms with Gasteiger partial charge in [0.1, 0.15) is 0 Å². The number of nitrogens with one attached hydrogen (secondary N) is 1. The molecule has 1 nitrogen and oxygen atoms in total. The van der Waals surface area contributed by atoms with Crippen LogP contribution < -0.4 is 5.32 Å². The Kier molecular flexibility index (Phi) is 4.41. The molecule has 19 heavy (non-hydrogen) atoms. The zero-order valence-electron chi connectivity index (χ0n) is 9.40. The summed E-state index contributed by atoms with van der Waals surface area (Å²) in [7, 11) is 0. The van der Waals surface area contributed by atoms with E-state index in [0.717, 1.165) is 6.07 Å². The Morgan fingerprint density at radius 1 is 0.895 bits per heavy atom. The lowest BCUT2D eigenvalue weighted by molar-refractivity contribution is -0.144. The summed E-state index contributed by atoms with van der Waals surface area (Å²) in [5.74, 6) is -0.737. The number of benzene rings is 1. The lowest BCUT2D eigenvalue weighted by atomic mass is 9.85. The van der Waals surface area contributed by atoms with E-state index in [1.54, 1.807) is 0 Å². The summed E-state index contributed by atoms with van der Waals surface area (Å²) in [6.45, 7) is 0.270. The molecular weight excluding hydrogens is 296 g/mol. The molecule has 2 rings (SSSR count). The molecule has 1 N–H and O–H groups in total. The van der Waals surface area contributed by atoms with Crippen molar-refractivity contribution < 1.29 is 26.3 Å². The standard InChI is InChI=1S/C11H9F6N.ClH/c12-10(13,14)7-2-1-3-8(11(15,16)17)9(7)6-4-18-5-6;/h1-3,6,18H,4-5H2;1H. The second-order valence-electron chi connectivity index (χ2n) is 4.12. The number of hydrogen-bond acceptors (Lipinski definition) is 1. The van der Waals surface area contributed by atoms with Crippen LogP contribution in [0.3, 0.4) is 0 Å². The Balaban J connectivity index is 0.00000180. The zero-order valence-corrected chi connectivity index (χ0v) is 10.2. The maximum atomic E-state index is 12.7. The molecule has 0 radical (unpaired) electrons. The maximum Gasteiger partial charge on any atom is 0.416 e. The highest BCUT2D eigenvalue weighted by Gasteiger charge is 2.43. The van der Waals surface area contributed by atoms with E-state index in [9.17, 15) is 26.3 Å². The minimum Gasteiger partial charge on any atom is -0.315 e. The van der Waals surface area contributed by atoms with Gasteiger partial charge in [0.15, 0.2) is 0 Å². The van der Waals surface area contributed by atoms with Crippen molar-refractivity contribution in [3.63, 3.8) is 0 Å². The van der Waals surface area contributed by atoms with Crippen molar-refractivity contribution in [2.24, 2.45) is 0 Å². The molecule has 0 amide bonds. The van der Waals surface area contributed by atoms with Gasteiger partial charge in [0.05, 0.1) is 11.1 Å². The van der Waals surface area contributed by atoms with E-state index < -0.39 is 35.0 Å². The van der Waals surface area contributed by atoms with Crippen LogP contribution in [0.5, 0.6) is 0 Å². The van der Waals surface area contributed by atoms with E-state index in [2.05, 4.69) is 5.32 Å². The van der Waals surface area contributed by atoms with Gasteiger partial charge < -0.3 is 5.32 Å². The fourth-order valence-corrected chi connectivity index (χ4v) is 1.99. The van der Waals surface area contributed by atoms with Crippen LogP contribution >= 0.6 is 12.4 Å². The molecular formula is C11H10ClF6N. The quantitative estimate of drug-likeness (QED) is 0.778. The Bertz CT molecular complexity index is 417. The molecule has 0 saturated carbocycles. The number of halogens is 7. The molecule has 1 saturated heterocycles. The molecule has 0 unspecified atom stereocenters. The van der Waals surface area contributed by atoms with Gasteiger partial charge in [-0.15, -0.1) is 12.4 Å². The average Bonchev–Trinajstić information content (AvgIpc) is 2.11. The lowest BCUT2D eigenvalue weighted by Gasteiger charge is -2.32. The molecule has 0 aliphatic carbocycles. The van der Waals surface area contributed by atoms with Crippen LogP contribution in [-0.4, -0.2) is 13.1 Å². The lowest BCUT2D eigenvalue weighted by Crippen LogP contribution is -2.42. The summed E-state index contributed by atoms with van der Waals surface area (Å²) in [4.78, 5) is 0. The predicted octanol–water partition coefficient (Wildman–Crippen LogP) is 3.83. The van der Waals surface area contributed by atoms with E-state index in [1.807, 2.05) is 0 Å². The van der Waals surface area contributed by atoms with E-state index in [1.165, 1.54) is 0 Å². The van der Waals surface area contributed by atoms with Gasteiger partial charge >= 0.3 is 12.4 Å². The molecule has 0 atom stereocenters. The van der Waals surface area contributed by atoms with Crippen molar-refractivity contribution in [2.45, 2.75) is 18.3 Å². The summed E-state index contributed by atoms with van der Waals surface area (Å²) in [6.07, 6.45) is -9.54. The van der Waals surface area contributed by atoms with Crippen LogP contribution in [0, 0.1) is 0 Å². The van der Waals surface area contributed by atoms with Crippen LogP contribution in [0.15, 0.2) is 18.2 Å². The number of alkyl halides is 6. The topological polar surface area (TPSA) is 12.0 Å². The predicted molar refractivity (Wildman–Crippen MR) is 59.3 cm³/mol. The van der Waals surface area contributed by atoms with Crippen molar-refractivity contribution in [2.75, 3.05) is 13.1 Å². The molecule has 1 heterocycles. The van der Waals surface area contributed by atoms with Gasteiger partial charge in [-0.2, -0.15) is 26.3 Å². The first-order chi connectivity index (χ1) is 8.21. The van der Waals surface area contributed by atoms with E-state index >= 15 is 0 Å². The summed E-state index contributed by atoms with van der Waals surface area (Å²) >= 11 is 0. The van der Waals surface area contributed by atoms with Crippen molar-refractivity contribution in [3.8, 4) is 0 Å². The van der Waals surface area contributed by atoms with Gasteiger partial charge in [0.25, 0.3) is 0 Å². The molecule has 1 aromatic carbocycles. The highest BCUT2D eigenvalue weighted by Crippen LogP contribution is 2.43. The third kappa shape index (κ3) is 3.14. The first-order valence-corrected chi connectivity index (χ1v) is 5.19. The monoisotopic (exact) mass is 305 g/mol. The maximum absolute atomic E-state index is 12.7. The number of rotatable bonds is 1. The highest BCUT2D eigenvalue weighted by molar-refractivity contribution is 5.85. The third-order valence-corrected chi connectivity index (χ3v) is 2.91. The van der Waals surface area contributed by atoms with Crippen LogP contribution in [0.25, 0.3) is 0 Å². The first kappa shape index (κ1) is 16.1. The van der Waals surface area contributed by atoms with Gasteiger partial charge in [0, 0.05) is 19.0 Å². The van der Waals surface area contributed by atoms with Crippen molar-refractivity contribution in [1.29, 1.82) is 0 Å². The average molecular weight is 306 g/mol. The van der Waals surface area contributed by atoms with Crippen LogP contribution in [0.2, 0.25) is 0 Å². The summed E-state index contributed by atoms with van der Waals surface area (Å²) in [5.41, 5.74) is -3.02. The second kappa shape index (κ2) is 5.20. The van der Waals surface area contributed by atoms with Gasteiger partial charge in [-0.25, -0.2) is 0 Å². The van der Waals surface area contributed by atoms with Gasteiger partial charge in [0.2, 0.25) is 0 Å². The van der Waals surface area contributed by atoms with Crippen molar-refractivity contribution >= 4 is 12.4 Å². The van der Waals surface area contributed by atoms with Crippen molar-refractivity contribution in [1.82, 2.24) is 5.32 Å². The molecule has 1 aliphatic heterocycles. The molecule has 0 spiro atoms. The summed E-state index contributed by atoms with van der Waals surface area (Å²) in [5, 5.41) is 2.68. The third-order valence-electron chi connectivity index (χ3n) is 2.91. The minimum absolute atomic E-state index is 0. The molecule has 1 fully saturated rings. The SMILES string of the molecule is Cl.FC(F)(F)c1cccc(C(F)(F)F)c1C1CNC1. The van der Waals surface area contributed by atoms with Crippen LogP contribution in [0.1, 0.15) is 22.6 Å². The smallest absolute Gasteiger partial charge is 0.315 e. The zero-order chi connectivity index (χ0) is 13.6.